The molecule has 0 saturated heterocycles. The molecule has 0 spiro atoms. The van der Waals surface area contributed by atoms with Crippen LogP contribution < -0.4 is 11.5 Å². The number of rotatable bonds is 7. The van der Waals surface area contributed by atoms with E-state index >= 15 is 0 Å². The van der Waals surface area contributed by atoms with Gasteiger partial charge in [0, 0.05) is 0 Å². The summed E-state index contributed by atoms with van der Waals surface area (Å²) in [6, 6.07) is 11.6. The minimum atomic E-state index is -1.98. The van der Waals surface area contributed by atoms with Crippen molar-refractivity contribution in [2.24, 2.45) is 11.5 Å². The highest BCUT2D eigenvalue weighted by Gasteiger charge is 2.38. The molecule has 0 bridgehead atoms. The molecular weight excluding hydrogens is 411 g/mol. The molecule has 10 heteroatoms. The van der Waals surface area contributed by atoms with Crippen LogP contribution in [-0.4, -0.2) is 36.0 Å². The Kier molecular flexibility index (Phi) is 6.97. The molecule has 0 aliphatic carbocycles. The molecule has 2 aromatic carbocycles. The zero-order valence-electron chi connectivity index (χ0n) is 14.1. The van der Waals surface area contributed by atoms with Crippen molar-refractivity contribution in [2.45, 2.75) is 12.2 Å². The molecule has 28 heavy (non-hydrogen) atoms. The standard InChI is InChI=1S/C18H14Cl2N2O6/c19-11-7-3-1-5-9(11)17(25)27-13(15(21)23)14(16(22)24)28-18(26)10-6-2-4-8-12(10)20/h1-8,13-14H,(H2,21,23)(H2,22,24). The third-order valence-corrected chi connectivity index (χ3v) is 4.15. The molecule has 0 saturated carbocycles. The maximum Gasteiger partial charge on any atom is 0.340 e. The summed E-state index contributed by atoms with van der Waals surface area (Å²) in [5.41, 5.74) is 10.2. The molecule has 2 atom stereocenters. The molecule has 8 nitrogen and oxygen atoms in total. The van der Waals surface area contributed by atoms with Crippen LogP contribution in [0, 0.1) is 0 Å². The van der Waals surface area contributed by atoms with E-state index in [0.717, 1.165) is 0 Å². The molecule has 0 aliphatic rings. The first-order valence-corrected chi connectivity index (χ1v) is 8.47. The molecule has 4 N–H and O–H groups in total. The smallest absolute Gasteiger partial charge is 0.340 e. The lowest BCUT2D eigenvalue weighted by molar-refractivity contribution is -0.143. The topological polar surface area (TPSA) is 139 Å². The number of carbonyl (C=O) groups is 4. The van der Waals surface area contributed by atoms with Gasteiger partial charge in [-0.15, -0.1) is 0 Å². The van der Waals surface area contributed by atoms with E-state index in [2.05, 4.69) is 0 Å². The molecule has 0 heterocycles. The normalized spacial score (nSPS) is 12.5. The van der Waals surface area contributed by atoms with Crippen molar-refractivity contribution in [2.75, 3.05) is 0 Å². The van der Waals surface area contributed by atoms with E-state index in [1.54, 1.807) is 12.1 Å². The second kappa shape index (κ2) is 9.20. The minimum absolute atomic E-state index is 0.0411. The van der Waals surface area contributed by atoms with Crippen LogP contribution in [0.15, 0.2) is 48.5 Å². The minimum Gasteiger partial charge on any atom is -0.444 e. The number of primary amides is 2. The molecule has 2 rings (SSSR count). The number of nitrogens with two attached hydrogens (primary N) is 2. The molecule has 0 aromatic heterocycles. The lowest BCUT2D eigenvalue weighted by atomic mass is 10.1. The van der Waals surface area contributed by atoms with E-state index in [9.17, 15) is 19.2 Å². The number of hydrogen-bond donors (Lipinski definition) is 2. The average molecular weight is 425 g/mol. The van der Waals surface area contributed by atoms with Gasteiger partial charge in [-0.1, -0.05) is 47.5 Å². The largest absolute Gasteiger partial charge is 0.444 e. The van der Waals surface area contributed by atoms with Crippen LogP contribution >= 0.6 is 23.2 Å². The number of benzene rings is 2. The Hall–Kier alpha value is -3.10. The van der Waals surface area contributed by atoms with Crippen LogP contribution in [0.5, 0.6) is 0 Å². The van der Waals surface area contributed by atoms with E-state index in [4.69, 9.17) is 44.1 Å². The highest BCUT2D eigenvalue weighted by molar-refractivity contribution is 6.34. The molecule has 2 amide bonds. The van der Waals surface area contributed by atoms with Crippen molar-refractivity contribution in [3.63, 3.8) is 0 Å². The van der Waals surface area contributed by atoms with Gasteiger partial charge in [-0.3, -0.25) is 9.59 Å². The summed E-state index contributed by atoms with van der Waals surface area (Å²) in [5.74, 6) is -4.63. The number of ether oxygens (including phenoxy) is 2. The van der Waals surface area contributed by atoms with Gasteiger partial charge in [0.25, 0.3) is 11.8 Å². The number of halogens is 2. The predicted octanol–water partition coefficient (Wildman–Crippen LogP) is 1.71. The van der Waals surface area contributed by atoms with Crippen LogP contribution in [0.2, 0.25) is 10.0 Å². The maximum absolute atomic E-state index is 12.3. The second-order valence-electron chi connectivity index (χ2n) is 5.42. The van der Waals surface area contributed by atoms with Gasteiger partial charge in [-0.2, -0.15) is 0 Å². The highest BCUT2D eigenvalue weighted by Crippen LogP contribution is 2.20. The van der Waals surface area contributed by atoms with Gasteiger partial charge >= 0.3 is 11.9 Å². The Bertz CT molecular complexity index is 858. The van der Waals surface area contributed by atoms with Crippen LogP contribution in [0.4, 0.5) is 0 Å². The van der Waals surface area contributed by atoms with Crippen LogP contribution in [0.25, 0.3) is 0 Å². The number of esters is 2. The average Bonchev–Trinajstić information content (AvgIpc) is 2.64. The van der Waals surface area contributed by atoms with E-state index in [-0.39, 0.29) is 21.2 Å². The summed E-state index contributed by atoms with van der Waals surface area (Å²) in [4.78, 5) is 48.1. The summed E-state index contributed by atoms with van der Waals surface area (Å²) in [5, 5.41) is 0.0822. The van der Waals surface area contributed by atoms with E-state index in [1.165, 1.54) is 36.4 Å². The van der Waals surface area contributed by atoms with Crippen LogP contribution in [0.1, 0.15) is 20.7 Å². The lowest BCUT2D eigenvalue weighted by Crippen LogP contribution is -2.51. The van der Waals surface area contributed by atoms with E-state index in [0.29, 0.717) is 0 Å². The van der Waals surface area contributed by atoms with Gasteiger partial charge < -0.3 is 20.9 Å². The zero-order valence-corrected chi connectivity index (χ0v) is 15.6. The van der Waals surface area contributed by atoms with Crippen LogP contribution in [0.3, 0.4) is 0 Å². The molecule has 0 radical (unpaired) electrons. The Morgan fingerprint density at radius 2 is 1.00 bits per heavy atom. The summed E-state index contributed by atoms with van der Waals surface area (Å²) in [6.45, 7) is 0. The van der Waals surface area contributed by atoms with Crippen molar-refractivity contribution in [3.05, 3.63) is 69.7 Å². The molecule has 146 valence electrons. The van der Waals surface area contributed by atoms with Crippen molar-refractivity contribution in [1.29, 1.82) is 0 Å². The van der Waals surface area contributed by atoms with Crippen molar-refractivity contribution < 1.29 is 28.7 Å². The monoisotopic (exact) mass is 424 g/mol. The summed E-state index contributed by atoms with van der Waals surface area (Å²) in [7, 11) is 0. The fourth-order valence-electron chi connectivity index (χ4n) is 2.15. The number of hydrogen-bond acceptors (Lipinski definition) is 6. The fourth-order valence-corrected chi connectivity index (χ4v) is 2.58. The van der Waals surface area contributed by atoms with Crippen molar-refractivity contribution in [3.8, 4) is 0 Å². The third kappa shape index (κ3) is 4.99. The summed E-state index contributed by atoms with van der Waals surface area (Å²) in [6.07, 6.45) is -3.96. The number of carbonyl (C=O) groups excluding carboxylic acids is 4. The second-order valence-corrected chi connectivity index (χ2v) is 6.23. The van der Waals surface area contributed by atoms with Gasteiger partial charge in [0.05, 0.1) is 21.2 Å². The Balaban J connectivity index is 2.27. The predicted molar refractivity (Wildman–Crippen MR) is 99.7 cm³/mol. The molecule has 2 unspecified atom stereocenters. The molecule has 0 aliphatic heterocycles. The molecular formula is C18H14Cl2N2O6. The van der Waals surface area contributed by atoms with Gasteiger partial charge in [0.2, 0.25) is 12.2 Å². The first kappa shape index (κ1) is 21.2. The maximum atomic E-state index is 12.3. The van der Waals surface area contributed by atoms with Gasteiger partial charge in [0.15, 0.2) is 0 Å². The first-order chi connectivity index (χ1) is 13.2. The quantitative estimate of drug-likeness (QED) is 0.648. The molecule has 0 fully saturated rings. The Labute approximate surface area is 169 Å². The van der Waals surface area contributed by atoms with Gasteiger partial charge in [-0.25, -0.2) is 9.59 Å². The number of amides is 2. The molecule has 2 aromatic rings. The fraction of sp³-hybridized carbons (Fsp3) is 0.111. The lowest BCUT2D eigenvalue weighted by Gasteiger charge is -2.22. The van der Waals surface area contributed by atoms with Crippen molar-refractivity contribution in [1.82, 2.24) is 0 Å². The summed E-state index contributed by atoms with van der Waals surface area (Å²) >= 11 is 11.8. The van der Waals surface area contributed by atoms with E-state index in [1.807, 2.05) is 0 Å². The van der Waals surface area contributed by atoms with Gasteiger partial charge in [0.1, 0.15) is 0 Å². The van der Waals surface area contributed by atoms with Gasteiger partial charge in [-0.05, 0) is 24.3 Å². The highest BCUT2D eigenvalue weighted by atomic mass is 35.5. The Morgan fingerprint density at radius 1 is 0.679 bits per heavy atom. The zero-order chi connectivity index (χ0) is 20.8. The van der Waals surface area contributed by atoms with Crippen molar-refractivity contribution >= 4 is 47.0 Å². The van der Waals surface area contributed by atoms with E-state index < -0.39 is 36.0 Å². The summed E-state index contributed by atoms with van der Waals surface area (Å²) < 4.78 is 9.92. The SMILES string of the molecule is NC(=O)C(OC(=O)c1ccccc1Cl)C(OC(=O)c1ccccc1Cl)C(N)=O. The first-order valence-electron chi connectivity index (χ1n) is 7.72. The van der Waals surface area contributed by atoms with Crippen LogP contribution in [-0.2, 0) is 19.1 Å². The third-order valence-electron chi connectivity index (χ3n) is 3.49. The Morgan fingerprint density at radius 3 is 1.29 bits per heavy atom.